The van der Waals surface area contributed by atoms with Gasteiger partial charge in [-0.1, -0.05) is 104 Å². The minimum absolute atomic E-state index is 0.115. The second kappa shape index (κ2) is 17.8. The number of benzene rings is 1. The maximum absolute atomic E-state index is 14.3. The fourth-order valence-electron chi connectivity index (χ4n) is 6.15. The highest BCUT2D eigenvalue weighted by atomic mass is 28.4. The molecule has 0 aromatic heterocycles. The van der Waals surface area contributed by atoms with Crippen LogP contribution in [-0.4, -0.2) is 54.7 Å². The first-order valence-electron chi connectivity index (χ1n) is 19.5. The molecular formula is C45H61F3N4O3Si2. The van der Waals surface area contributed by atoms with Gasteiger partial charge in [0.1, 0.15) is 23.8 Å². The van der Waals surface area contributed by atoms with Gasteiger partial charge in [-0.3, -0.25) is 0 Å². The van der Waals surface area contributed by atoms with E-state index in [1.807, 2.05) is 6.08 Å². The summed E-state index contributed by atoms with van der Waals surface area (Å²) < 4.78 is 61.1. The Morgan fingerprint density at radius 3 is 1.81 bits per heavy atom. The van der Waals surface area contributed by atoms with Crippen LogP contribution < -0.4 is 4.90 Å². The molecule has 1 aliphatic carbocycles. The zero-order valence-corrected chi connectivity index (χ0v) is 38.2. The first-order valence-corrected chi connectivity index (χ1v) is 25.3. The molecule has 1 heterocycles. The van der Waals surface area contributed by atoms with Crippen molar-refractivity contribution >= 4 is 28.4 Å². The van der Waals surface area contributed by atoms with E-state index in [0.717, 1.165) is 48.8 Å². The number of hydrogen-bond acceptors (Lipinski definition) is 7. The molecule has 0 spiro atoms. The Morgan fingerprint density at radius 1 is 0.825 bits per heavy atom. The number of nitriles is 3. The van der Waals surface area contributed by atoms with Crippen molar-refractivity contribution in [2.24, 2.45) is 5.41 Å². The lowest BCUT2D eigenvalue weighted by atomic mass is 9.75. The van der Waals surface area contributed by atoms with E-state index in [1.165, 1.54) is 24.3 Å². The van der Waals surface area contributed by atoms with Gasteiger partial charge in [-0.05, 0) is 90.3 Å². The Labute approximate surface area is 341 Å². The monoisotopic (exact) mass is 818 g/mol. The van der Waals surface area contributed by atoms with Gasteiger partial charge in [0.05, 0.1) is 13.2 Å². The predicted molar refractivity (Wildman–Crippen MR) is 229 cm³/mol. The molecule has 1 aliphatic heterocycles. The van der Waals surface area contributed by atoms with Crippen molar-refractivity contribution in [3.63, 3.8) is 0 Å². The van der Waals surface area contributed by atoms with E-state index < -0.39 is 50.9 Å². The molecule has 0 bridgehead atoms. The lowest BCUT2D eigenvalue weighted by molar-refractivity contribution is -0.236. The molecule has 0 N–H and O–H groups in total. The Bertz CT molecular complexity index is 1910. The van der Waals surface area contributed by atoms with E-state index in [4.69, 9.17) is 13.6 Å². The van der Waals surface area contributed by atoms with Gasteiger partial charge >= 0.3 is 6.18 Å². The second-order valence-electron chi connectivity index (χ2n) is 18.9. The Hall–Kier alpha value is -4.13. The highest BCUT2D eigenvalue weighted by Gasteiger charge is 2.60. The predicted octanol–water partition coefficient (Wildman–Crippen LogP) is 12.3. The Balaban J connectivity index is 1.87. The van der Waals surface area contributed by atoms with E-state index in [9.17, 15) is 29.0 Å². The minimum atomic E-state index is -4.92. The third kappa shape index (κ3) is 11.7. The maximum Gasteiger partial charge on any atom is 0.432 e. The topological polar surface area (TPSA) is 102 Å². The van der Waals surface area contributed by atoms with Crippen LogP contribution in [0.5, 0.6) is 0 Å². The standard InChI is InChI=1S/C45H61F3N4O3Si2/c1-41(2,3)56(10,11)53-25-23-52(24-26-54-57(12,13)42(4,5)6)37-21-19-33(20-22-37)17-18-35-27-34(28-43(7,8)29-35)15-14-16-39-38(32-51)40(36(30-49)31-50)55-44(39,9)45(46,47)48/h14-22,27H,23-26,28-29H2,1-13H3/b16-14+,18-17+,34-15-. The summed E-state index contributed by atoms with van der Waals surface area (Å²) in [6.07, 6.45) is 7.15. The van der Waals surface area contributed by atoms with Gasteiger partial charge < -0.3 is 18.5 Å². The SMILES string of the molecule is CC1(C)CC(/C=C/c2ccc(N(CCO[Si](C)(C)C(C)(C)C)CCO[Si](C)(C)C(C)(C)C)cc2)=CC(=C/C=C/C2=C(C#N)C(=C(C#N)C#N)OC2(C)C(F)(F)F)/C1. The van der Waals surface area contributed by atoms with Crippen LogP contribution in [-0.2, 0) is 13.6 Å². The molecule has 57 heavy (non-hydrogen) atoms. The van der Waals surface area contributed by atoms with Crippen molar-refractivity contribution in [2.75, 3.05) is 31.2 Å². The minimum Gasteiger partial charge on any atom is -0.470 e. The summed E-state index contributed by atoms with van der Waals surface area (Å²) in [4.78, 5) is 2.35. The van der Waals surface area contributed by atoms with Crippen molar-refractivity contribution < 1.29 is 26.8 Å². The number of ether oxygens (including phenoxy) is 1. The molecule has 12 heteroatoms. The first-order chi connectivity index (χ1) is 26.1. The van der Waals surface area contributed by atoms with Crippen LogP contribution in [0.1, 0.15) is 80.7 Å². The summed E-state index contributed by atoms with van der Waals surface area (Å²) in [7, 11) is -3.81. The summed E-state index contributed by atoms with van der Waals surface area (Å²) in [6, 6.07) is 13.3. The number of alkyl halides is 3. The molecule has 1 unspecified atom stereocenters. The van der Waals surface area contributed by atoms with Crippen molar-refractivity contribution in [2.45, 2.75) is 123 Å². The summed E-state index contributed by atoms with van der Waals surface area (Å²) in [5.74, 6) is -0.659. The van der Waals surface area contributed by atoms with Crippen LogP contribution in [0, 0.1) is 39.4 Å². The number of nitrogens with zero attached hydrogens (tertiary/aromatic N) is 4. The van der Waals surface area contributed by atoms with E-state index in [2.05, 4.69) is 123 Å². The van der Waals surface area contributed by atoms with Crippen LogP contribution in [0.2, 0.25) is 36.3 Å². The molecule has 0 saturated carbocycles. The van der Waals surface area contributed by atoms with E-state index in [0.29, 0.717) is 19.6 Å². The molecule has 1 aromatic rings. The number of rotatable bonds is 13. The van der Waals surface area contributed by atoms with Crippen LogP contribution in [0.4, 0.5) is 18.9 Å². The maximum atomic E-state index is 14.3. The molecule has 0 radical (unpaired) electrons. The molecule has 308 valence electrons. The summed E-state index contributed by atoms with van der Waals surface area (Å²) >= 11 is 0. The van der Waals surface area contributed by atoms with Gasteiger partial charge in [0.15, 0.2) is 28.0 Å². The highest BCUT2D eigenvalue weighted by molar-refractivity contribution is 6.74. The van der Waals surface area contributed by atoms with Crippen molar-refractivity contribution in [3.05, 3.63) is 93.8 Å². The number of allylic oxidation sites excluding steroid dienone is 8. The molecule has 0 amide bonds. The van der Waals surface area contributed by atoms with Crippen LogP contribution >= 0.6 is 0 Å². The molecule has 0 saturated heterocycles. The smallest absolute Gasteiger partial charge is 0.432 e. The molecule has 1 aromatic carbocycles. The molecule has 3 rings (SSSR count). The first kappa shape index (κ1) is 47.3. The zero-order valence-electron chi connectivity index (χ0n) is 36.2. The quantitative estimate of drug-likeness (QED) is 0.144. The Kier molecular flexibility index (Phi) is 14.7. The van der Waals surface area contributed by atoms with Crippen molar-refractivity contribution in [3.8, 4) is 18.2 Å². The molecular weight excluding hydrogens is 758 g/mol. The average Bonchev–Trinajstić information content (AvgIpc) is 3.37. The fraction of sp³-hybridized carbons (Fsp3) is 0.533. The molecule has 7 nitrogen and oxygen atoms in total. The van der Waals surface area contributed by atoms with Gasteiger partial charge in [-0.15, -0.1) is 0 Å². The molecule has 1 atom stereocenters. The highest BCUT2D eigenvalue weighted by Crippen LogP contribution is 2.49. The summed E-state index contributed by atoms with van der Waals surface area (Å²) in [6.45, 7) is 30.5. The third-order valence-electron chi connectivity index (χ3n) is 11.7. The second-order valence-corrected chi connectivity index (χ2v) is 28.5. The van der Waals surface area contributed by atoms with Crippen molar-refractivity contribution in [1.82, 2.24) is 0 Å². The Morgan fingerprint density at radius 2 is 1.35 bits per heavy atom. The number of anilines is 1. The van der Waals surface area contributed by atoms with Crippen LogP contribution in [0.15, 0.2) is 88.3 Å². The number of halogens is 3. The van der Waals surface area contributed by atoms with Crippen LogP contribution in [0.25, 0.3) is 6.08 Å². The normalized spacial score (nSPS) is 20.1. The number of hydrogen-bond donors (Lipinski definition) is 0. The van der Waals surface area contributed by atoms with Crippen LogP contribution in [0.3, 0.4) is 0 Å². The average molecular weight is 819 g/mol. The van der Waals surface area contributed by atoms with E-state index in [1.54, 1.807) is 12.1 Å². The van der Waals surface area contributed by atoms with E-state index >= 15 is 0 Å². The van der Waals surface area contributed by atoms with Gasteiger partial charge in [0.25, 0.3) is 0 Å². The van der Waals surface area contributed by atoms with Gasteiger partial charge in [0, 0.05) is 24.4 Å². The van der Waals surface area contributed by atoms with Gasteiger partial charge in [-0.25, -0.2) is 0 Å². The fourth-order valence-corrected chi connectivity index (χ4v) is 8.22. The van der Waals surface area contributed by atoms with Crippen molar-refractivity contribution in [1.29, 1.82) is 15.8 Å². The zero-order chi connectivity index (χ0) is 43.3. The lowest BCUT2D eigenvalue weighted by Crippen LogP contribution is -2.44. The lowest BCUT2D eigenvalue weighted by Gasteiger charge is -2.38. The molecule has 0 fully saturated rings. The molecule has 2 aliphatic rings. The van der Waals surface area contributed by atoms with E-state index in [-0.39, 0.29) is 15.5 Å². The van der Waals surface area contributed by atoms with Gasteiger partial charge in [0.2, 0.25) is 5.60 Å². The van der Waals surface area contributed by atoms with Gasteiger partial charge in [-0.2, -0.15) is 29.0 Å². The third-order valence-corrected chi connectivity index (χ3v) is 20.8. The largest absolute Gasteiger partial charge is 0.470 e. The summed E-state index contributed by atoms with van der Waals surface area (Å²) in [5.41, 5.74) is -0.545. The summed E-state index contributed by atoms with van der Waals surface area (Å²) in [5, 5.41) is 28.6.